The van der Waals surface area contributed by atoms with Gasteiger partial charge >= 0.3 is 6.03 Å². The highest BCUT2D eigenvalue weighted by Crippen LogP contribution is 2.29. The summed E-state index contributed by atoms with van der Waals surface area (Å²) in [5, 5.41) is 4.05. The number of rotatable bonds is 1. The predicted octanol–water partition coefficient (Wildman–Crippen LogP) is 1.13. The van der Waals surface area contributed by atoms with Crippen molar-refractivity contribution in [3.05, 3.63) is 41.9 Å². The first kappa shape index (κ1) is 11.2. The Morgan fingerprint density at radius 3 is 2.47 bits per heavy atom. The van der Waals surface area contributed by atoms with Crippen molar-refractivity contribution in [3.8, 4) is 11.1 Å². The molecule has 0 saturated carbocycles. The van der Waals surface area contributed by atoms with Crippen LogP contribution in [0.4, 0.5) is 4.79 Å². The summed E-state index contributed by atoms with van der Waals surface area (Å²) >= 11 is 0. The van der Waals surface area contributed by atoms with Gasteiger partial charge in [0.15, 0.2) is 0 Å². The van der Waals surface area contributed by atoms with Crippen molar-refractivity contribution in [2.75, 3.05) is 0 Å². The summed E-state index contributed by atoms with van der Waals surface area (Å²) in [6.45, 7) is 0. The second-order valence-electron chi connectivity index (χ2n) is 4.01. The van der Waals surface area contributed by atoms with Crippen molar-refractivity contribution in [3.63, 3.8) is 0 Å². The molecule has 19 heavy (non-hydrogen) atoms. The molecule has 1 saturated heterocycles. The van der Waals surface area contributed by atoms with Crippen LogP contribution in [-0.4, -0.2) is 17.8 Å². The van der Waals surface area contributed by atoms with E-state index in [9.17, 15) is 14.4 Å². The molecule has 0 atom stereocenters. The third-order valence-corrected chi connectivity index (χ3v) is 2.82. The van der Waals surface area contributed by atoms with E-state index in [-0.39, 0.29) is 5.57 Å². The van der Waals surface area contributed by atoms with Gasteiger partial charge in [-0.15, -0.1) is 0 Å². The van der Waals surface area contributed by atoms with Crippen LogP contribution in [0.1, 0.15) is 5.56 Å². The van der Waals surface area contributed by atoms with E-state index in [4.69, 9.17) is 4.42 Å². The maximum atomic E-state index is 11.6. The molecule has 0 unspecified atom stereocenters. The Kier molecular flexibility index (Phi) is 2.42. The summed E-state index contributed by atoms with van der Waals surface area (Å²) in [4.78, 5) is 34.1. The molecule has 2 heterocycles. The zero-order valence-electron chi connectivity index (χ0n) is 9.60. The summed E-state index contributed by atoms with van der Waals surface area (Å²) < 4.78 is 5.03. The van der Waals surface area contributed by atoms with Gasteiger partial charge in [0.05, 0.1) is 12.5 Å². The number of amides is 4. The van der Waals surface area contributed by atoms with Gasteiger partial charge in [-0.1, -0.05) is 12.1 Å². The quantitative estimate of drug-likeness (QED) is 0.591. The van der Waals surface area contributed by atoms with E-state index in [1.54, 1.807) is 18.4 Å². The fraction of sp³-hybridized carbons (Fsp3) is 0. The Hall–Kier alpha value is -2.89. The van der Waals surface area contributed by atoms with E-state index in [0.29, 0.717) is 5.56 Å². The van der Waals surface area contributed by atoms with E-state index < -0.39 is 17.8 Å². The van der Waals surface area contributed by atoms with Gasteiger partial charge in [0, 0.05) is 5.56 Å². The summed E-state index contributed by atoms with van der Waals surface area (Å²) in [5.74, 6) is -1.41. The lowest BCUT2D eigenvalue weighted by atomic mass is 10.1. The third-order valence-electron chi connectivity index (χ3n) is 2.82. The second-order valence-corrected chi connectivity index (χ2v) is 4.01. The molecule has 4 amide bonds. The first-order valence-corrected chi connectivity index (χ1v) is 5.48. The second kappa shape index (κ2) is 4.09. The monoisotopic (exact) mass is 256 g/mol. The van der Waals surface area contributed by atoms with Crippen LogP contribution in [-0.2, 0) is 9.59 Å². The number of hydrogen-bond acceptors (Lipinski definition) is 4. The Balaban J connectivity index is 2.04. The lowest BCUT2D eigenvalue weighted by molar-refractivity contribution is -0.123. The Morgan fingerprint density at radius 1 is 1.00 bits per heavy atom. The average molecular weight is 256 g/mol. The molecule has 0 aromatic heterocycles. The highest BCUT2D eigenvalue weighted by Gasteiger charge is 2.28. The Labute approximate surface area is 107 Å². The number of urea groups is 1. The van der Waals surface area contributed by atoms with Gasteiger partial charge in [0.1, 0.15) is 5.57 Å². The van der Waals surface area contributed by atoms with Crippen LogP contribution < -0.4 is 10.6 Å². The third kappa shape index (κ3) is 1.89. The molecular weight excluding hydrogens is 248 g/mol. The van der Waals surface area contributed by atoms with E-state index in [1.165, 1.54) is 12.3 Å². The smallest absolute Gasteiger partial charge is 0.328 e. The number of carbonyl (C=O) groups excluding carboxylic acids is 3. The highest BCUT2D eigenvalue weighted by atomic mass is 16.3. The summed E-state index contributed by atoms with van der Waals surface area (Å²) in [6.07, 6.45) is 4.52. The van der Waals surface area contributed by atoms with Crippen molar-refractivity contribution in [1.82, 2.24) is 10.6 Å². The number of fused-ring (bicyclic) bond motifs is 1. The molecule has 0 spiro atoms. The molecule has 2 aliphatic heterocycles. The van der Waals surface area contributed by atoms with E-state index in [2.05, 4.69) is 0 Å². The van der Waals surface area contributed by atoms with Crippen LogP contribution in [0.25, 0.3) is 17.2 Å². The van der Waals surface area contributed by atoms with E-state index in [0.717, 1.165) is 11.1 Å². The van der Waals surface area contributed by atoms with Crippen LogP contribution in [0, 0.1) is 0 Å². The molecule has 0 bridgehead atoms. The zero-order chi connectivity index (χ0) is 13.4. The highest BCUT2D eigenvalue weighted by molar-refractivity contribution is 6.31. The molecule has 0 aromatic carbocycles. The number of barbiturate groups is 1. The maximum Gasteiger partial charge on any atom is 0.328 e. The van der Waals surface area contributed by atoms with Crippen LogP contribution in [0.5, 0.6) is 0 Å². The Morgan fingerprint density at radius 2 is 1.74 bits per heavy atom. The predicted molar refractivity (Wildman–Crippen MR) is 65.0 cm³/mol. The van der Waals surface area contributed by atoms with Gasteiger partial charge < -0.3 is 4.42 Å². The molecule has 94 valence electrons. The van der Waals surface area contributed by atoms with Gasteiger partial charge in [-0.25, -0.2) is 4.79 Å². The summed E-state index contributed by atoms with van der Waals surface area (Å²) in [6, 6.07) is 4.52. The first-order chi connectivity index (χ1) is 9.15. The van der Waals surface area contributed by atoms with Crippen molar-refractivity contribution in [1.29, 1.82) is 0 Å². The van der Waals surface area contributed by atoms with Crippen molar-refractivity contribution in [2.45, 2.75) is 0 Å². The van der Waals surface area contributed by atoms with Gasteiger partial charge in [-0.05, 0) is 23.3 Å². The zero-order valence-corrected chi connectivity index (χ0v) is 9.60. The van der Waals surface area contributed by atoms with Gasteiger partial charge in [0.2, 0.25) is 0 Å². The molecule has 0 aromatic rings. The topological polar surface area (TPSA) is 88.4 Å². The van der Waals surface area contributed by atoms with Crippen molar-refractivity contribution >= 4 is 23.9 Å². The molecule has 6 nitrogen and oxygen atoms in total. The number of hydrogen-bond donors (Lipinski definition) is 2. The van der Waals surface area contributed by atoms with Crippen LogP contribution >= 0.6 is 0 Å². The summed E-state index contributed by atoms with van der Waals surface area (Å²) in [5.41, 5.74) is 2.33. The van der Waals surface area contributed by atoms with Crippen LogP contribution in [0.3, 0.4) is 0 Å². The molecular formula is C13H8N2O4. The number of carbonyl (C=O) groups is 3. The lowest BCUT2D eigenvalue weighted by Gasteiger charge is -2.13. The van der Waals surface area contributed by atoms with Gasteiger partial charge in [0.25, 0.3) is 11.8 Å². The van der Waals surface area contributed by atoms with Gasteiger partial charge in [-0.3, -0.25) is 20.2 Å². The van der Waals surface area contributed by atoms with Crippen LogP contribution in [0.2, 0.25) is 0 Å². The number of imide groups is 2. The SMILES string of the molecule is O=C1NC(=O)C(=Cc2ccc3coccc2-3)C(=O)N1. The molecule has 1 aliphatic carbocycles. The summed E-state index contributed by atoms with van der Waals surface area (Å²) in [7, 11) is 0. The molecule has 3 rings (SSSR count). The van der Waals surface area contributed by atoms with E-state index >= 15 is 0 Å². The minimum atomic E-state index is -0.807. The van der Waals surface area contributed by atoms with E-state index in [1.807, 2.05) is 16.7 Å². The molecule has 6 heteroatoms. The fourth-order valence-corrected chi connectivity index (χ4v) is 1.93. The average Bonchev–Trinajstić information content (AvgIpc) is 2.77. The number of nitrogens with one attached hydrogen (secondary N) is 2. The normalized spacial score (nSPS) is 15.4. The van der Waals surface area contributed by atoms with Crippen molar-refractivity contribution in [2.24, 2.45) is 0 Å². The fourth-order valence-electron chi connectivity index (χ4n) is 1.93. The maximum absolute atomic E-state index is 11.6. The molecule has 0 radical (unpaired) electrons. The Bertz CT molecular complexity index is 676. The molecule has 1 fully saturated rings. The largest absolute Gasteiger partial charge is 0.472 e. The van der Waals surface area contributed by atoms with Gasteiger partial charge in [-0.2, -0.15) is 0 Å². The minimum Gasteiger partial charge on any atom is -0.472 e. The first-order valence-electron chi connectivity index (χ1n) is 5.48. The van der Waals surface area contributed by atoms with Crippen LogP contribution in [0.15, 0.2) is 40.7 Å². The molecule has 3 aliphatic rings. The lowest BCUT2D eigenvalue weighted by Crippen LogP contribution is -2.51. The molecule has 2 N–H and O–H groups in total. The van der Waals surface area contributed by atoms with Crippen molar-refractivity contribution < 1.29 is 18.8 Å². The standard InChI is InChI=1S/C13H8N2O4/c16-11-10(12(17)15-13(18)14-11)5-7-1-2-8-6-19-4-3-9(7)8/h1-6H,(H2,14,15,16,17,18). The minimum absolute atomic E-state index is 0.104.